The van der Waals surface area contributed by atoms with Crippen molar-refractivity contribution in [3.63, 3.8) is 0 Å². The molecule has 4 aliphatic carbocycles. The van der Waals surface area contributed by atoms with Crippen LogP contribution >= 0.6 is 0 Å². The van der Waals surface area contributed by atoms with Gasteiger partial charge in [-0.2, -0.15) is 8.42 Å². The van der Waals surface area contributed by atoms with Crippen LogP contribution in [0.15, 0.2) is 0 Å². The second-order valence-electron chi connectivity index (χ2n) is 12.8. The fourth-order valence-electron chi connectivity index (χ4n) is 9.18. The van der Waals surface area contributed by atoms with Crippen molar-refractivity contribution in [2.24, 2.45) is 46.3 Å². The Kier molecular flexibility index (Phi) is 7.90. The van der Waals surface area contributed by atoms with Gasteiger partial charge in [-0.1, -0.05) is 20.8 Å². The molecule has 10 heteroatoms. The number of hydrogen-bond acceptors (Lipinski definition) is 7. The highest BCUT2D eigenvalue weighted by Gasteiger charge is 2.65. The summed E-state index contributed by atoms with van der Waals surface area (Å²) in [6.07, 6.45) is 3.04. The van der Waals surface area contributed by atoms with E-state index in [2.05, 4.69) is 19.2 Å². The summed E-state index contributed by atoms with van der Waals surface area (Å²) < 4.78 is 30.5. The summed E-state index contributed by atoms with van der Waals surface area (Å²) in [6, 6.07) is 0. The Morgan fingerprint density at radius 2 is 1.75 bits per heavy atom. The number of nitrogens with one attached hydrogen (secondary N) is 1. The Balaban J connectivity index is 1.46. The van der Waals surface area contributed by atoms with Crippen molar-refractivity contribution in [1.29, 1.82) is 0 Å². The molecule has 4 rings (SSSR count). The van der Waals surface area contributed by atoms with Gasteiger partial charge in [-0.15, -0.1) is 0 Å². The summed E-state index contributed by atoms with van der Waals surface area (Å²) in [6.45, 7) is 6.14. The topological polar surface area (TPSA) is 164 Å². The van der Waals surface area contributed by atoms with E-state index in [-0.39, 0.29) is 60.0 Å². The molecule has 0 radical (unpaired) electrons. The molecule has 4 saturated carbocycles. The molecule has 0 saturated heterocycles. The average molecular weight is 532 g/mol. The van der Waals surface area contributed by atoms with Crippen molar-refractivity contribution < 1.29 is 38.2 Å². The molecule has 0 aromatic heterocycles. The first-order valence-electron chi connectivity index (χ1n) is 13.6. The summed E-state index contributed by atoms with van der Waals surface area (Å²) in [7, 11) is -4.20. The van der Waals surface area contributed by atoms with Gasteiger partial charge in [0, 0.05) is 6.54 Å². The molecule has 1 amide bonds. The first-order valence-corrected chi connectivity index (χ1v) is 15.2. The van der Waals surface area contributed by atoms with Crippen molar-refractivity contribution in [3.8, 4) is 0 Å². The van der Waals surface area contributed by atoms with Gasteiger partial charge in [0.05, 0.1) is 24.1 Å². The predicted octanol–water partition coefficient (Wildman–Crippen LogP) is 1.34. The quantitative estimate of drug-likeness (QED) is 0.268. The number of amides is 1. The standard InChI is InChI=1S/C26H45NO8S/c1-14(10-21(30)24(32)27-8-9-36(33,34)35)17-4-5-18-23-19(13-22(31)26(17,18)3)25(2)7-6-16(28)11-15(25)12-20(23)29/h14-23,28-31H,4-13H2,1-3H3,(H,27,32)(H,33,34,35)/t14-,15+,16-,17-,18?,19?,20+,21?,22+,23?,25+,26-/m1/s1. The maximum Gasteiger partial charge on any atom is 0.266 e. The van der Waals surface area contributed by atoms with Gasteiger partial charge in [-0.3, -0.25) is 9.35 Å². The second kappa shape index (κ2) is 10.1. The van der Waals surface area contributed by atoms with E-state index in [1.54, 1.807) is 0 Å². The maximum atomic E-state index is 12.3. The fourth-order valence-corrected chi connectivity index (χ4v) is 9.54. The molecule has 0 aliphatic heterocycles. The minimum atomic E-state index is -4.20. The van der Waals surface area contributed by atoms with E-state index in [0.29, 0.717) is 12.8 Å². The number of aliphatic hydroxyl groups is 4. The van der Waals surface area contributed by atoms with Gasteiger partial charge in [0.15, 0.2) is 0 Å². The van der Waals surface area contributed by atoms with E-state index in [9.17, 15) is 33.6 Å². The van der Waals surface area contributed by atoms with E-state index in [1.807, 2.05) is 6.92 Å². The van der Waals surface area contributed by atoms with E-state index in [1.165, 1.54) is 0 Å². The van der Waals surface area contributed by atoms with Crippen LogP contribution in [0.1, 0.15) is 72.1 Å². The van der Waals surface area contributed by atoms with Crippen LogP contribution < -0.4 is 5.32 Å². The number of carbonyl (C=O) groups excluding carboxylic acids is 1. The van der Waals surface area contributed by atoms with Gasteiger partial charge >= 0.3 is 0 Å². The van der Waals surface area contributed by atoms with E-state index < -0.39 is 45.5 Å². The van der Waals surface area contributed by atoms with Crippen molar-refractivity contribution >= 4 is 16.0 Å². The van der Waals surface area contributed by atoms with Crippen LogP contribution in [0.25, 0.3) is 0 Å². The lowest BCUT2D eigenvalue weighted by Crippen LogP contribution is -2.62. The van der Waals surface area contributed by atoms with E-state index >= 15 is 0 Å². The van der Waals surface area contributed by atoms with Crippen LogP contribution in [0.3, 0.4) is 0 Å². The van der Waals surface area contributed by atoms with E-state index in [4.69, 9.17) is 4.55 Å². The van der Waals surface area contributed by atoms with E-state index in [0.717, 1.165) is 32.1 Å². The highest BCUT2D eigenvalue weighted by Crippen LogP contribution is 2.68. The summed E-state index contributed by atoms with van der Waals surface area (Å²) >= 11 is 0. The zero-order valence-electron chi connectivity index (χ0n) is 21.7. The molecule has 0 spiro atoms. The summed E-state index contributed by atoms with van der Waals surface area (Å²) in [5, 5.41) is 46.1. The SMILES string of the molecule is C[C@H](CC(O)C(=O)NCCS(=O)(=O)O)[C@H]1CCC2C3C(C[C@H](O)[C@@]21C)[C@@]1(C)CC[C@@H](O)C[C@H]1C[C@@H]3O. The van der Waals surface area contributed by atoms with Gasteiger partial charge in [-0.05, 0) is 97.7 Å². The van der Waals surface area contributed by atoms with Crippen LogP contribution in [-0.2, 0) is 14.9 Å². The first-order chi connectivity index (χ1) is 16.7. The Hall–Kier alpha value is -0.780. The number of fused-ring (bicyclic) bond motifs is 5. The minimum Gasteiger partial charge on any atom is -0.393 e. The normalized spacial score (nSPS) is 46.2. The fraction of sp³-hybridized carbons (Fsp3) is 0.962. The van der Waals surface area contributed by atoms with Crippen molar-refractivity contribution in [3.05, 3.63) is 0 Å². The number of hydrogen-bond donors (Lipinski definition) is 6. The molecule has 36 heavy (non-hydrogen) atoms. The van der Waals surface area contributed by atoms with Crippen LogP contribution in [0.4, 0.5) is 0 Å². The summed E-state index contributed by atoms with van der Waals surface area (Å²) in [5.74, 6) is -0.554. The molecule has 0 aromatic rings. The molecule has 4 aliphatic rings. The van der Waals surface area contributed by atoms with Crippen LogP contribution in [0.2, 0.25) is 0 Å². The summed E-state index contributed by atoms with van der Waals surface area (Å²) in [4.78, 5) is 12.3. The number of rotatable bonds is 7. The van der Waals surface area contributed by atoms with Crippen molar-refractivity contribution in [1.82, 2.24) is 5.32 Å². The Labute approximate surface area is 214 Å². The lowest BCUT2D eigenvalue weighted by Gasteiger charge is -2.63. The van der Waals surface area contributed by atoms with Crippen LogP contribution in [-0.4, -0.2) is 76.0 Å². The molecule has 6 N–H and O–H groups in total. The lowest BCUT2D eigenvalue weighted by molar-refractivity contribution is -0.207. The molecular formula is C26H45NO8S. The molecule has 4 unspecified atom stereocenters. The molecule has 12 atom stereocenters. The number of carbonyl (C=O) groups is 1. The van der Waals surface area contributed by atoms with Crippen LogP contribution in [0, 0.1) is 46.3 Å². The Morgan fingerprint density at radius 1 is 1.06 bits per heavy atom. The van der Waals surface area contributed by atoms with Crippen molar-refractivity contribution in [2.75, 3.05) is 12.3 Å². The molecule has 9 nitrogen and oxygen atoms in total. The van der Waals surface area contributed by atoms with Crippen LogP contribution in [0.5, 0.6) is 0 Å². The zero-order chi connectivity index (χ0) is 26.6. The average Bonchev–Trinajstić information content (AvgIpc) is 3.13. The second-order valence-corrected chi connectivity index (χ2v) is 14.4. The number of aliphatic hydroxyl groups excluding tert-OH is 4. The third-order valence-corrected chi connectivity index (χ3v) is 11.8. The van der Waals surface area contributed by atoms with Gasteiger partial charge < -0.3 is 25.7 Å². The molecule has 0 heterocycles. The molecular weight excluding hydrogens is 486 g/mol. The highest BCUT2D eigenvalue weighted by atomic mass is 32.2. The van der Waals surface area contributed by atoms with Gasteiger partial charge in [0.1, 0.15) is 6.10 Å². The minimum absolute atomic E-state index is 0.00543. The highest BCUT2D eigenvalue weighted by molar-refractivity contribution is 7.85. The molecule has 0 bridgehead atoms. The Morgan fingerprint density at radius 3 is 2.42 bits per heavy atom. The first kappa shape index (κ1) is 28.2. The largest absolute Gasteiger partial charge is 0.393 e. The van der Waals surface area contributed by atoms with Gasteiger partial charge in [0.25, 0.3) is 10.1 Å². The maximum absolute atomic E-state index is 12.3. The third-order valence-electron chi connectivity index (χ3n) is 11.1. The molecule has 208 valence electrons. The summed E-state index contributed by atoms with van der Waals surface area (Å²) in [5.41, 5.74) is -0.425. The monoisotopic (exact) mass is 531 g/mol. The predicted molar refractivity (Wildman–Crippen MR) is 133 cm³/mol. The zero-order valence-corrected chi connectivity index (χ0v) is 22.5. The van der Waals surface area contributed by atoms with Gasteiger partial charge in [0.2, 0.25) is 5.91 Å². The lowest BCUT2D eigenvalue weighted by atomic mass is 9.43. The smallest absolute Gasteiger partial charge is 0.266 e. The molecule has 4 fully saturated rings. The molecule has 0 aromatic carbocycles. The third kappa shape index (κ3) is 4.98. The Bertz CT molecular complexity index is 929. The van der Waals surface area contributed by atoms with Gasteiger partial charge in [-0.25, -0.2) is 0 Å². The van der Waals surface area contributed by atoms with Crippen molar-refractivity contribution in [2.45, 2.75) is 96.6 Å².